The number of hydrogen-bond acceptors (Lipinski definition) is 7. The molecular formula is C23H44N4O6Si. The Morgan fingerprint density at radius 2 is 1.79 bits per heavy atom. The Kier molecular flexibility index (Phi) is 10.4. The second-order valence-corrected chi connectivity index (χ2v) is 15.6. The Balaban J connectivity index is 1.85. The molecule has 2 rings (SSSR count). The second kappa shape index (κ2) is 12.2. The lowest BCUT2D eigenvalue weighted by Crippen LogP contribution is -2.63. The number of carbonyl (C=O) groups is 1. The van der Waals surface area contributed by atoms with Crippen LogP contribution in [0.15, 0.2) is 5.11 Å². The number of rotatable bonds is 13. The van der Waals surface area contributed by atoms with Crippen LogP contribution in [0.5, 0.6) is 0 Å². The molecule has 2 heterocycles. The average molecular weight is 501 g/mol. The molecule has 5 unspecified atom stereocenters. The fraction of sp³-hybridized carbons (Fsp3) is 0.957. The van der Waals surface area contributed by atoms with E-state index in [1.54, 1.807) is 0 Å². The van der Waals surface area contributed by atoms with Gasteiger partial charge < -0.3 is 29.1 Å². The van der Waals surface area contributed by atoms with Gasteiger partial charge in [0.25, 0.3) is 0 Å². The van der Waals surface area contributed by atoms with Gasteiger partial charge in [0.1, 0.15) is 18.2 Å². The molecule has 2 aliphatic heterocycles. The lowest BCUT2D eigenvalue weighted by molar-refractivity contribution is -0.242. The number of amides is 1. The van der Waals surface area contributed by atoms with E-state index in [1.807, 2.05) is 26.9 Å². The molecule has 0 aliphatic carbocycles. The van der Waals surface area contributed by atoms with Crippen LogP contribution in [0.3, 0.4) is 0 Å². The van der Waals surface area contributed by atoms with Gasteiger partial charge in [-0.15, -0.1) is 0 Å². The van der Waals surface area contributed by atoms with Crippen LogP contribution >= 0.6 is 0 Å². The predicted octanol–water partition coefficient (Wildman–Crippen LogP) is 4.38. The molecule has 0 spiro atoms. The molecule has 10 nitrogen and oxygen atoms in total. The van der Waals surface area contributed by atoms with Gasteiger partial charge in [0.15, 0.2) is 20.4 Å². The summed E-state index contributed by atoms with van der Waals surface area (Å²) in [6.07, 6.45) is 4.07. The van der Waals surface area contributed by atoms with E-state index in [9.17, 15) is 9.59 Å². The minimum atomic E-state index is -2.15. The number of hydrogen-bond donors (Lipinski definition) is 2. The van der Waals surface area contributed by atoms with Crippen molar-refractivity contribution in [2.75, 3.05) is 13.2 Å². The van der Waals surface area contributed by atoms with Crippen molar-refractivity contribution < 1.29 is 28.5 Å². The molecule has 0 bridgehead atoms. The molecular weight excluding hydrogens is 456 g/mol. The van der Waals surface area contributed by atoms with Crippen LogP contribution in [0.2, 0.25) is 18.1 Å². The predicted molar refractivity (Wildman–Crippen MR) is 131 cm³/mol. The fourth-order valence-corrected chi connectivity index (χ4v) is 5.16. The molecule has 0 radical (unpaired) electrons. The molecule has 1 amide bonds. The van der Waals surface area contributed by atoms with Crippen molar-refractivity contribution in [3.8, 4) is 0 Å². The van der Waals surface area contributed by atoms with E-state index in [2.05, 4.69) is 29.2 Å². The Bertz CT molecular complexity index is 723. The third-order valence-electron chi connectivity index (χ3n) is 7.07. The van der Waals surface area contributed by atoms with Crippen LogP contribution in [0.25, 0.3) is 10.4 Å². The summed E-state index contributed by atoms with van der Waals surface area (Å²) in [6, 6.07) is -0.528. The van der Waals surface area contributed by atoms with Gasteiger partial charge in [0.2, 0.25) is 5.91 Å². The van der Waals surface area contributed by atoms with Crippen molar-refractivity contribution in [1.29, 1.82) is 0 Å². The van der Waals surface area contributed by atoms with Crippen LogP contribution < -0.4 is 5.32 Å². The molecule has 0 saturated carbocycles. The van der Waals surface area contributed by atoms with Crippen LogP contribution in [-0.4, -0.2) is 68.6 Å². The number of unbranched alkanes of at least 4 members (excludes halogenated alkanes) is 4. The van der Waals surface area contributed by atoms with Gasteiger partial charge in [-0.1, -0.05) is 44.6 Å². The highest BCUT2D eigenvalue weighted by Crippen LogP contribution is 2.40. The van der Waals surface area contributed by atoms with Crippen LogP contribution in [0.4, 0.5) is 0 Å². The van der Waals surface area contributed by atoms with Gasteiger partial charge >= 0.3 is 0 Å². The Labute approximate surface area is 204 Å². The lowest BCUT2D eigenvalue weighted by atomic mass is 9.96. The van der Waals surface area contributed by atoms with Crippen molar-refractivity contribution >= 4 is 14.2 Å². The summed E-state index contributed by atoms with van der Waals surface area (Å²) in [5.41, 5.74) is 8.76. The quantitative estimate of drug-likeness (QED) is 0.127. The second-order valence-electron chi connectivity index (χ2n) is 11.1. The topological polar surface area (TPSA) is 135 Å². The van der Waals surface area contributed by atoms with E-state index in [-0.39, 0.29) is 17.5 Å². The molecule has 34 heavy (non-hydrogen) atoms. The summed E-state index contributed by atoms with van der Waals surface area (Å²) in [7, 11) is -2.15. The summed E-state index contributed by atoms with van der Waals surface area (Å²) in [5, 5.41) is 6.58. The molecule has 5 atom stereocenters. The maximum absolute atomic E-state index is 11.9. The first kappa shape index (κ1) is 29.0. The Morgan fingerprint density at radius 1 is 1.18 bits per heavy atom. The standard InChI is InChI=1S/C23H44N4O6Si/c1-16(28)26-18-20-19(32-23(4,5)33-20)17(15-25-27-24)31-21(18)30-14-12-10-8-9-11-13-22(2,3)34(6,7)29/h17-21,29H,8-15H2,1-7H3,(H,26,28). The van der Waals surface area contributed by atoms with Gasteiger partial charge in [-0.3, -0.25) is 4.79 Å². The van der Waals surface area contributed by atoms with E-state index in [0.29, 0.717) is 6.61 Å². The minimum absolute atomic E-state index is 0.0255. The summed E-state index contributed by atoms with van der Waals surface area (Å²) >= 11 is 0. The Morgan fingerprint density at radius 3 is 2.41 bits per heavy atom. The van der Waals surface area contributed by atoms with Gasteiger partial charge in [0, 0.05) is 18.4 Å². The Hall–Kier alpha value is -1.20. The zero-order chi connectivity index (χ0) is 25.6. The largest absolute Gasteiger partial charge is 0.432 e. The summed E-state index contributed by atoms with van der Waals surface area (Å²) in [5.74, 6) is -1.05. The number of nitrogens with one attached hydrogen (secondary N) is 1. The van der Waals surface area contributed by atoms with E-state index in [4.69, 9.17) is 24.5 Å². The molecule has 11 heteroatoms. The first-order valence-electron chi connectivity index (χ1n) is 12.4. The van der Waals surface area contributed by atoms with Crippen LogP contribution in [-0.2, 0) is 23.7 Å². The highest BCUT2D eigenvalue weighted by atomic mass is 28.4. The van der Waals surface area contributed by atoms with E-state index < -0.39 is 44.7 Å². The molecule has 0 aromatic rings. The number of nitrogens with zero attached hydrogens (tertiary/aromatic N) is 3. The maximum atomic E-state index is 11.9. The highest BCUT2D eigenvalue weighted by Gasteiger charge is 2.55. The SMILES string of the molecule is CC(=O)NC1C(OCCCCCCCC(C)(C)[Si](C)(C)O)OC(CN=[N+]=[N-])C2OC(C)(C)OC12. The van der Waals surface area contributed by atoms with Crippen molar-refractivity contribution in [2.24, 2.45) is 5.11 Å². The van der Waals surface area contributed by atoms with E-state index in [0.717, 1.165) is 38.5 Å². The summed E-state index contributed by atoms with van der Waals surface area (Å²) < 4.78 is 24.2. The van der Waals surface area contributed by atoms with Crippen molar-refractivity contribution in [2.45, 2.75) is 128 Å². The summed E-state index contributed by atoms with van der Waals surface area (Å²) in [6.45, 7) is 14.0. The number of carbonyl (C=O) groups excluding carboxylic acids is 1. The molecule has 2 aliphatic rings. The van der Waals surface area contributed by atoms with Gasteiger partial charge in [0.05, 0.1) is 12.6 Å². The normalized spacial score (nSPS) is 28.8. The zero-order valence-electron chi connectivity index (χ0n) is 21.9. The first-order chi connectivity index (χ1) is 15.8. The minimum Gasteiger partial charge on any atom is -0.432 e. The molecule has 2 N–H and O–H groups in total. The molecule has 2 saturated heterocycles. The molecule has 2 fully saturated rings. The van der Waals surface area contributed by atoms with Crippen LogP contribution in [0, 0.1) is 0 Å². The van der Waals surface area contributed by atoms with Crippen molar-refractivity contribution in [1.82, 2.24) is 5.32 Å². The summed E-state index contributed by atoms with van der Waals surface area (Å²) in [4.78, 5) is 25.1. The lowest BCUT2D eigenvalue weighted by Gasteiger charge is -2.41. The maximum Gasteiger partial charge on any atom is 0.217 e. The number of fused-ring (bicyclic) bond motifs is 1. The fourth-order valence-electron chi connectivity index (χ4n) is 4.37. The third kappa shape index (κ3) is 8.19. The van der Waals surface area contributed by atoms with Crippen molar-refractivity contribution in [3.05, 3.63) is 10.4 Å². The highest BCUT2D eigenvalue weighted by molar-refractivity contribution is 6.72. The molecule has 0 aromatic carbocycles. The molecule has 0 aromatic heterocycles. The zero-order valence-corrected chi connectivity index (χ0v) is 22.9. The molecule has 196 valence electrons. The van der Waals surface area contributed by atoms with Crippen molar-refractivity contribution in [3.63, 3.8) is 0 Å². The third-order valence-corrected chi connectivity index (χ3v) is 10.6. The van der Waals surface area contributed by atoms with E-state index in [1.165, 1.54) is 6.92 Å². The monoisotopic (exact) mass is 500 g/mol. The number of ether oxygens (including phenoxy) is 4. The van der Waals surface area contributed by atoms with Crippen LogP contribution in [0.1, 0.15) is 73.1 Å². The van der Waals surface area contributed by atoms with Gasteiger partial charge in [-0.25, -0.2) is 0 Å². The van der Waals surface area contributed by atoms with Gasteiger partial charge in [-0.05, 0) is 50.4 Å². The van der Waals surface area contributed by atoms with Gasteiger partial charge in [-0.2, -0.15) is 0 Å². The smallest absolute Gasteiger partial charge is 0.217 e. The number of azide groups is 1. The van der Waals surface area contributed by atoms with E-state index >= 15 is 0 Å². The average Bonchev–Trinajstić information content (AvgIpc) is 3.04. The first-order valence-corrected chi connectivity index (χ1v) is 15.4.